The summed E-state index contributed by atoms with van der Waals surface area (Å²) in [6.45, 7) is 2.99. The van der Waals surface area contributed by atoms with E-state index in [4.69, 9.17) is 9.47 Å². The molecule has 0 aromatic heterocycles. The van der Waals surface area contributed by atoms with E-state index in [0.717, 1.165) is 12.1 Å². The molecule has 0 saturated carbocycles. The molecule has 1 aromatic rings. The highest BCUT2D eigenvalue weighted by atomic mass is 19.3. The summed E-state index contributed by atoms with van der Waals surface area (Å²) >= 11 is 0. The summed E-state index contributed by atoms with van der Waals surface area (Å²) in [5, 5.41) is 3.31. The first-order valence-corrected chi connectivity index (χ1v) is 6.93. The molecular weight excluding hydrogens is 278 g/mol. The highest BCUT2D eigenvalue weighted by Crippen LogP contribution is 2.30. The molecule has 0 aliphatic heterocycles. The van der Waals surface area contributed by atoms with E-state index in [2.05, 4.69) is 5.32 Å². The van der Waals surface area contributed by atoms with Crippen molar-refractivity contribution >= 4 is 0 Å². The van der Waals surface area contributed by atoms with Gasteiger partial charge in [-0.3, -0.25) is 4.90 Å². The highest BCUT2D eigenvalue weighted by Gasteiger charge is 2.17. The van der Waals surface area contributed by atoms with E-state index in [9.17, 15) is 8.78 Å². The minimum atomic E-state index is -2.33. The SMILES string of the molecule is CCNC(CN(C)CC(F)F)c1ccc(OC)c(OC)c1. The molecule has 0 fully saturated rings. The van der Waals surface area contributed by atoms with Crippen molar-refractivity contribution in [2.75, 3.05) is 40.9 Å². The number of rotatable bonds is 9. The number of hydrogen-bond acceptors (Lipinski definition) is 4. The van der Waals surface area contributed by atoms with Crippen molar-refractivity contribution < 1.29 is 18.3 Å². The van der Waals surface area contributed by atoms with Crippen LogP contribution >= 0.6 is 0 Å². The van der Waals surface area contributed by atoms with Crippen LogP contribution in [0.1, 0.15) is 18.5 Å². The summed E-state index contributed by atoms with van der Waals surface area (Å²) in [6.07, 6.45) is -2.33. The number of hydrogen-bond donors (Lipinski definition) is 1. The van der Waals surface area contributed by atoms with Crippen LogP contribution in [-0.2, 0) is 0 Å². The van der Waals surface area contributed by atoms with Gasteiger partial charge in [0.05, 0.1) is 20.8 Å². The summed E-state index contributed by atoms with van der Waals surface area (Å²) in [4.78, 5) is 1.62. The number of nitrogens with one attached hydrogen (secondary N) is 1. The van der Waals surface area contributed by atoms with E-state index >= 15 is 0 Å². The standard InChI is InChI=1S/C15H24F2N2O2/c1-5-18-12(9-19(2)10-15(16)17)11-6-7-13(20-3)14(8-11)21-4/h6-8,12,15,18H,5,9-10H2,1-4H3. The fourth-order valence-corrected chi connectivity index (χ4v) is 2.23. The molecule has 6 heteroatoms. The van der Waals surface area contributed by atoms with E-state index in [0.29, 0.717) is 18.0 Å². The van der Waals surface area contributed by atoms with Crippen molar-refractivity contribution in [1.82, 2.24) is 10.2 Å². The Balaban J connectivity index is 2.89. The topological polar surface area (TPSA) is 33.7 Å². The summed E-state index contributed by atoms with van der Waals surface area (Å²) in [6, 6.07) is 5.58. The van der Waals surface area contributed by atoms with Crippen LogP contribution in [0.5, 0.6) is 11.5 Å². The summed E-state index contributed by atoms with van der Waals surface area (Å²) in [5.74, 6) is 1.28. The molecule has 1 rings (SSSR count). The third-order valence-electron chi connectivity index (χ3n) is 3.20. The van der Waals surface area contributed by atoms with Crippen molar-refractivity contribution in [2.24, 2.45) is 0 Å². The van der Waals surface area contributed by atoms with Crippen LogP contribution in [0.25, 0.3) is 0 Å². The van der Waals surface area contributed by atoms with Crippen LogP contribution in [0, 0.1) is 0 Å². The number of likely N-dealkylation sites (N-methyl/N-ethyl adjacent to an activating group) is 2. The van der Waals surface area contributed by atoms with Gasteiger partial charge in [-0.15, -0.1) is 0 Å². The number of halogens is 2. The lowest BCUT2D eigenvalue weighted by Gasteiger charge is -2.25. The van der Waals surface area contributed by atoms with Crippen molar-refractivity contribution in [3.63, 3.8) is 0 Å². The van der Waals surface area contributed by atoms with Gasteiger partial charge in [0.25, 0.3) is 6.43 Å². The van der Waals surface area contributed by atoms with Crippen LogP contribution in [0.2, 0.25) is 0 Å². The van der Waals surface area contributed by atoms with Crippen LogP contribution < -0.4 is 14.8 Å². The van der Waals surface area contributed by atoms with Gasteiger partial charge < -0.3 is 14.8 Å². The minimum absolute atomic E-state index is 0.0430. The second-order valence-corrected chi connectivity index (χ2v) is 4.84. The fraction of sp³-hybridized carbons (Fsp3) is 0.600. The maximum Gasteiger partial charge on any atom is 0.251 e. The zero-order chi connectivity index (χ0) is 15.8. The Morgan fingerprint density at radius 2 is 1.81 bits per heavy atom. The first-order chi connectivity index (χ1) is 10.0. The average molecular weight is 302 g/mol. The fourth-order valence-electron chi connectivity index (χ4n) is 2.23. The number of nitrogens with zero attached hydrogens (tertiary/aromatic N) is 1. The Labute approximate surface area is 125 Å². The van der Waals surface area contributed by atoms with Gasteiger partial charge in [0.2, 0.25) is 0 Å². The van der Waals surface area contributed by atoms with Gasteiger partial charge in [0.1, 0.15) is 0 Å². The summed E-state index contributed by atoms with van der Waals surface area (Å²) in [7, 11) is 4.85. The van der Waals surface area contributed by atoms with E-state index < -0.39 is 6.43 Å². The van der Waals surface area contributed by atoms with E-state index in [1.165, 1.54) is 0 Å². The van der Waals surface area contributed by atoms with Crippen LogP contribution in [-0.4, -0.2) is 52.2 Å². The minimum Gasteiger partial charge on any atom is -0.493 e. The largest absolute Gasteiger partial charge is 0.493 e. The average Bonchev–Trinajstić information content (AvgIpc) is 2.45. The molecule has 0 amide bonds. The monoisotopic (exact) mass is 302 g/mol. The van der Waals surface area contributed by atoms with Gasteiger partial charge in [-0.1, -0.05) is 13.0 Å². The van der Waals surface area contributed by atoms with Crippen LogP contribution in [0.4, 0.5) is 8.78 Å². The van der Waals surface area contributed by atoms with E-state index in [-0.39, 0.29) is 12.6 Å². The Morgan fingerprint density at radius 3 is 2.33 bits per heavy atom. The molecule has 0 spiro atoms. The third kappa shape index (κ3) is 5.47. The zero-order valence-corrected chi connectivity index (χ0v) is 13.0. The lowest BCUT2D eigenvalue weighted by atomic mass is 10.1. The maximum atomic E-state index is 12.4. The molecule has 0 radical (unpaired) electrons. The molecular formula is C15H24F2N2O2. The quantitative estimate of drug-likeness (QED) is 0.760. The molecule has 0 saturated heterocycles. The van der Waals surface area contributed by atoms with Gasteiger partial charge >= 0.3 is 0 Å². The van der Waals surface area contributed by atoms with E-state index in [1.54, 1.807) is 26.2 Å². The molecule has 0 bridgehead atoms. The predicted molar refractivity (Wildman–Crippen MR) is 79.5 cm³/mol. The first kappa shape index (κ1) is 17.7. The molecule has 1 aromatic carbocycles. The Morgan fingerprint density at radius 1 is 1.14 bits per heavy atom. The van der Waals surface area contributed by atoms with Crippen LogP contribution in [0.3, 0.4) is 0 Å². The second-order valence-electron chi connectivity index (χ2n) is 4.84. The van der Waals surface area contributed by atoms with Gasteiger partial charge in [-0.25, -0.2) is 8.78 Å². The summed E-state index contributed by atoms with van der Waals surface area (Å²) in [5.41, 5.74) is 0.982. The smallest absolute Gasteiger partial charge is 0.251 e. The Bertz CT molecular complexity index is 430. The van der Waals surface area contributed by atoms with Gasteiger partial charge in [-0.05, 0) is 31.3 Å². The number of benzene rings is 1. The molecule has 0 aliphatic carbocycles. The zero-order valence-electron chi connectivity index (χ0n) is 13.0. The molecule has 1 N–H and O–H groups in total. The summed E-state index contributed by atoms with van der Waals surface area (Å²) < 4.78 is 35.4. The lowest BCUT2D eigenvalue weighted by Crippen LogP contribution is -2.35. The van der Waals surface area contributed by atoms with Gasteiger partial charge in [0, 0.05) is 12.6 Å². The number of methoxy groups -OCH3 is 2. The third-order valence-corrected chi connectivity index (χ3v) is 3.20. The normalized spacial score (nSPS) is 12.8. The Kier molecular flexibility index (Phi) is 7.39. The molecule has 0 heterocycles. The first-order valence-electron chi connectivity index (χ1n) is 6.93. The van der Waals surface area contributed by atoms with Crippen molar-refractivity contribution in [3.05, 3.63) is 23.8 Å². The van der Waals surface area contributed by atoms with Crippen LogP contribution in [0.15, 0.2) is 18.2 Å². The number of alkyl halides is 2. The molecule has 1 atom stereocenters. The molecule has 1 unspecified atom stereocenters. The van der Waals surface area contributed by atoms with Gasteiger partial charge in [0.15, 0.2) is 11.5 Å². The molecule has 21 heavy (non-hydrogen) atoms. The highest BCUT2D eigenvalue weighted by molar-refractivity contribution is 5.43. The molecule has 4 nitrogen and oxygen atoms in total. The van der Waals surface area contributed by atoms with Crippen molar-refractivity contribution in [1.29, 1.82) is 0 Å². The Hall–Kier alpha value is -1.40. The molecule has 0 aliphatic rings. The van der Waals surface area contributed by atoms with E-state index in [1.807, 2.05) is 25.1 Å². The molecule has 120 valence electrons. The maximum absolute atomic E-state index is 12.4. The van der Waals surface area contributed by atoms with Crippen molar-refractivity contribution in [3.8, 4) is 11.5 Å². The lowest BCUT2D eigenvalue weighted by molar-refractivity contribution is 0.0959. The number of ether oxygens (including phenoxy) is 2. The van der Waals surface area contributed by atoms with Crippen molar-refractivity contribution in [2.45, 2.75) is 19.4 Å². The predicted octanol–water partition coefficient (Wildman–Crippen LogP) is 2.55. The van der Waals surface area contributed by atoms with Gasteiger partial charge in [-0.2, -0.15) is 0 Å². The second kappa shape index (κ2) is 8.79.